The normalized spacial score (nSPS) is 14.1. The van der Waals surface area contributed by atoms with Gasteiger partial charge in [-0.25, -0.2) is 0 Å². The van der Waals surface area contributed by atoms with Crippen molar-refractivity contribution in [2.45, 2.75) is 366 Å². The predicted molar refractivity (Wildman–Crippen MR) is 390 cm³/mol. The van der Waals surface area contributed by atoms with Crippen molar-refractivity contribution in [3.8, 4) is 0 Å². The number of phosphoric acid groups is 1. The summed E-state index contributed by atoms with van der Waals surface area (Å²) in [7, 11) is 1.31. The van der Waals surface area contributed by atoms with Gasteiger partial charge in [0, 0.05) is 6.42 Å². The molecule has 89 heavy (non-hydrogen) atoms. The van der Waals surface area contributed by atoms with Gasteiger partial charge in [0.2, 0.25) is 5.91 Å². The zero-order chi connectivity index (χ0) is 64.8. The minimum atomic E-state index is -4.59. The molecule has 0 aliphatic heterocycles. The minimum absolute atomic E-state index is 0.0102. The molecular formula is C80H147N2O6P. The van der Waals surface area contributed by atoms with Crippen molar-refractivity contribution in [2.75, 3.05) is 40.9 Å². The number of nitrogens with one attached hydrogen (secondary N) is 1. The lowest BCUT2D eigenvalue weighted by Gasteiger charge is -2.30. The van der Waals surface area contributed by atoms with Gasteiger partial charge in [0.1, 0.15) is 13.2 Å². The van der Waals surface area contributed by atoms with Crippen LogP contribution >= 0.6 is 7.82 Å². The van der Waals surface area contributed by atoms with Crippen LogP contribution in [0.5, 0.6) is 0 Å². The number of hydrogen-bond donors (Lipinski definition) is 2. The Labute approximate surface area is 553 Å². The van der Waals surface area contributed by atoms with E-state index in [4.69, 9.17) is 9.05 Å². The number of quaternary nitrogens is 1. The van der Waals surface area contributed by atoms with E-state index >= 15 is 0 Å². The molecule has 0 aliphatic carbocycles. The summed E-state index contributed by atoms with van der Waals surface area (Å²) in [6.45, 7) is 4.65. The second-order valence-corrected chi connectivity index (χ2v) is 28.4. The average Bonchev–Trinajstić information content (AvgIpc) is 3.55. The third-order valence-electron chi connectivity index (χ3n) is 17.1. The zero-order valence-electron chi connectivity index (χ0n) is 59.4. The predicted octanol–water partition coefficient (Wildman–Crippen LogP) is 24.2. The number of hydrogen-bond acceptors (Lipinski definition) is 6. The Morgan fingerprint density at radius 1 is 0.404 bits per heavy atom. The highest BCUT2D eigenvalue weighted by atomic mass is 31.2. The van der Waals surface area contributed by atoms with Crippen molar-refractivity contribution in [1.29, 1.82) is 0 Å². The maximum absolute atomic E-state index is 13.1. The fourth-order valence-corrected chi connectivity index (χ4v) is 12.0. The number of phosphoric ester groups is 1. The summed E-state index contributed by atoms with van der Waals surface area (Å²) in [6.07, 6.45) is 101. The maximum Gasteiger partial charge on any atom is 0.268 e. The van der Waals surface area contributed by atoms with Gasteiger partial charge in [-0.3, -0.25) is 9.36 Å². The molecule has 1 amide bonds. The lowest BCUT2D eigenvalue weighted by molar-refractivity contribution is -0.870. The Morgan fingerprint density at radius 3 is 1.00 bits per heavy atom. The second kappa shape index (κ2) is 69.8. The molecular weight excluding hydrogens is 1120 g/mol. The number of amides is 1. The third-order valence-corrected chi connectivity index (χ3v) is 18.1. The Morgan fingerprint density at radius 2 is 0.685 bits per heavy atom. The van der Waals surface area contributed by atoms with E-state index in [2.05, 4.69) is 116 Å². The smallest absolute Gasteiger partial charge is 0.268 e. The van der Waals surface area contributed by atoms with Crippen LogP contribution in [0.1, 0.15) is 354 Å². The largest absolute Gasteiger partial charge is 0.756 e. The molecule has 518 valence electrons. The number of carbonyl (C=O) groups excluding carboxylic acids is 1. The highest BCUT2D eigenvalue weighted by Gasteiger charge is 2.24. The molecule has 0 bridgehead atoms. The molecule has 0 radical (unpaired) electrons. The summed E-state index contributed by atoms with van der Waals surface area (Å²) in [5, 5.41) is 14.1. The fourth-order valence-electron chi connectivity index (χ4n) is 11.2. The van der Waals surface area contributed by atoms with Gasteiger partial charge >= 0.3 is 0 Å². The van der Waals surface area contributed by atoms with Crippen molar-refractivity contribution < 1.29 is 32.9 Å². The van der Waals surface area contributed by atoms with E-state index in [1.807, 2.05) is 21.1 Å². The molecule has 2 N–H and O–H groups in total. The van der Waals surface area contributed by atoms with Crippen molar-refractivity contribution in [1.82, 2.24) is 5.32 Å². The molecule has 0 saturated carbocycles. The zero-order valence-corrected chi connectivity index (χ0v) is 60.3. The topological polar surface area (TPSA) is 108 Å². The Bertz CT molecular complexity index is 1780. The lowest BCUT2D eigenvalue weighted by atomic mass is 10.0. The van der Waals surface area contributed by atoms with Gasteiger partial charge in [-0.15, -0.1) is 0 Å². The number of aliphatic hydroxyl groups is 1. The van der Waals surface area contributed by atoms with Crippen molar-refractivity contribution >= 4 is 13.7 Å². The first kappa shape index (κ1) is 86.4. The van der Waals surface area contributed by atoms with E-state index < -0.39 is 20.0 Å². The maximum atomic E-state index is 13.1. The number of rotatable bonds is 70. The Balaban J connectivity index is 4.01. The van der Waals surface area contributed by atoms with E-state index in [1.54, 1.807) is 0 Å². The lowest BCUT2D eigenvalue weighted by Crippen LogP contribution is -2.46. The summed E-state index contributed by atoms with van der Waals surface area (Å²) >= 11 is 0. The number of carbonyl (C=O) groups is 1. The van der Waals surface area contributed by atoms with Gasteiger partial charge in [0.15, 0.2) is 0 Å². The summed E-state index contributed by atoms with van der Waals surface area (Å²) in [5.74, 6) is -0.163. The number of unbranched alkanes of at least 4 members (excludes halogenated alkanes) is 41. The monoisotopic (exact) mass is 1260 g/mol. The first-order valence-corrected chi connectivity index (χ1v) is 39.5. The quantitative estimate of drug-likeness (QED) is 0.0272. The van der Waals surface area contributed by atoms with Crippen molar-refractivity contribution in [3.63, 3.8) is 0 Å². The summed E-state index contributed by atoms with van der Waals surface area (Å²) < 4.78 is 23.6. The van der Waals surface area contributed by atoms with E-state index in [9.17, 15) is 19.4 Å². The molecule has 0 aromatic rings. The summed E-state index contributed by atoms with van der Waals surface area (Å²) in [6, 6.07) is -0.808. The van der Waals surface area contributed by atoms with Crippen LogP contribution < -0.4 is 10.2 Å². The second-order valence-electron chi connectivity index (χ2n) is 27.0. The molecule has 0 heterocycles. The van der Waals surface area contributed by atoms with E-state index in [0.717, 1.165) is 89.9 Å². The first-order chi connectivity index (χ1) is 43.5. The SMILES string of the molecule is CC/C=C\C/C=C\C/C=C\C/C=C\C/C=C\C/C=C\C/C=C\C/C=C\CCCCCCCCCCCCCCCCC(=O)NC(COP(=O)([O-])OCC[N+](C)(C)C)C(O)CCCCCCCCCCCCCCCCCCCCCCCCCCCCCC. The van der Waals surface area contributed by atoms with Gasteiger partial charge in [0.05, 0.1) is 39.9 Å². The van der Waals surface area contributed by atoms with Crippen LogP contribution in [0.25, 0.3) is 0 Å². The van der Waals surface area contributed by atoms with Crippen LogP contribution in [0, 0.1) is 0 Å². The van der Waals surface area contributed by atoms with E-state index in [1.165, 1.54) is 238 Å². The van der Waals surface area contributed by atoms with Crippen LogP contribution in [0.3, 0.4) is 0 Å². The number of nitrogens with zero attached hydrogens (tertiary/aromatic N) is 1. The third kappa shape index (κ3) is 72.7. The standard InChI is InChI=1S/C80H147N2O6P/c1-6-8-10-12-14-16-18-20-22-24-26-28-30-32-34-36-37-38-39-40-41-42-43-44-45-46-48-50-52-54-56-58-60-62-64-66-68-70-72-74-80(84)81-78(77-88-89(85,86)87-76-75-82(3,4)5)79(83)73-71-69-67-65-63-61-59-57-55-53-51-49-47-35-33-31-29-27-25-23-21-19-17-15-13-11-9-7-2/h8,10,14,16,20,22,26,28,32,34,37-38,40-41,43-44,78-79,83H,6-7,9,11-13,15,17-19,21,23-25,27,29-31,33,35-36,39,42,45-77H2,1-5H3,(H-,81,84,85,86)/b10-8-,16-14-,22-20-,28-26-,34-32-,38-37-,41-40-,44-43-. The van der Waals surface area contributed by atoms with E-state index in [-0.39, 0.29) is 19.1 Å². The molecule has 0 aliphatic rings. The molecule has 9 heteroatoms. The molecule has 0 fully saturated rings. The molecule has 0 spiro atoms. The molecule has 0 aromatic carbocycles. The van der Waals surface area contributed by atoms with Gasteiger partial charge in [0.25, 0.3) is 7.82 Å². The Hall–Kier alpha value is -2.58. The van der Waals surface area contributed by atoms with Gasteiger partial charge in [-0.2, -0.15) is 0 Å². The van der Waals surface area contributed by atoms with Gasteiger partial charge in [-0.05, 0) is 77.0 Å². The molecule has 3 atom stereocenters. The first-order valence-electron chi connectivity index (χ1n) is 38.1. The van der Waals surface area contributed by atoms with Crippen LogP contribution in [-0.2, 0) is 18.4 Å². The summed E-state index contributed by atoms with van der Waals surface area (Å²) in [5.41, 5.74) is 0. The molecule has 0 saturated heterocycles. The Kier molecular flexibility index (Phi) is 67.7. The van der Waals surface area contributed by atoms with Crippen molar-refractivity contribution in [3.05, 3.63) is 97.2 Å². The van der Waals surface area contributed by atoms with Crippen LogP contribution in [0.2, 0.25) is 0 Å². The van der Waals surface area contributed by atoms with E-state index in [0.29, 0.717) is 23.9 Å². The van der Waals surface area contributed by atoms with Gasteiger partial charge in [-0.1, -0.05) is 368 Å². The average molecular weight is 1260 g/mol. The minimum Gasteiger partial charge on any atom is -0.756 e. The molecule has 3 unspecified atom stereocenters. The van der Waals surface area contributed by atoms with Crippen LogP contribution in [0.15, 0.2) is 97.2 Å². The van der Waals surface area contributed by atoms with Gasteiger partial charge < -0.3 is 28.8 Å². The number of likely N-dealkylation sites (N-methyl/N-ethyl adjacent to an activating group) is 1. The van der Waals surface area contributed by atoms with Crippen molar-refractivity contribution in [2.24, 2.45) is 0 Å². The fraction of sp³-hybridized carbons (Fsp3) is 0.787. The molecule has 0 aromatic heterocycles. The summed E-state index contributed by atoms with van der Waals surface area (Å²) in [4.78, 5) is 25.7. The molecule has 0 rings (SSSR count). The highest BCUT2D eigenvalue weighted by Crippen LogP contribution is 2.38. The number of allylic oxidation sites excluding steroid dienone is 16. The highest BCUT2D eigenvalue weighted by molar-refractivity contribution is 7.45. The number of aliphatic hydroxyl groups excluding tert-OH is 1. The van der Waals surface area contributed by atoms with Crippen LogP contribution in [0.4, 0.5) is 0 Å². The van der Waals surface area contributed by atoms with Crippen LogP contribution in [-0.4, -0.2) is 68.5 Å². The molecule has 8 nitrogen and oxygen atoms in total.